The topological polar surface area (TPSA) is 49.3 Å². The number of phenols is 1. The monoisotopic (exact) mass is 417 g/mol. The van der Waals surface area contributed by atoms with E-state index in [-0.39, 0.29) is 23.5 Å². The minimum Gasteiger partial charge on any atom is -0.508 e. The van der Waals surface area contributed by atoms with Crippen molar-refractivity contribution in [2.45, 2.75) is 24.8 Å². The van der Waals surface area contributed by atoms with Crippen LogP contribution < -0.4 is 5.32 Å². The van der Waals surface area contributed by atoms with Gasteiger partial charge < -0.3 is 10.4 Å². The van der Waals surface area contributed by atoms with Crippen LogP contribution in [0.15, 0.2) is 96.6 Å². The molecular weight excluding hydrogens is 394 g/mol. The van der Waals surface area contributed by atoms with Gasteiger partial charge in [-0.15, -0.1) is 0 Å². The maximum atomic E-state index is 13.7. The molecule has 0 spiro atoms. The van der Waals surface area contributed by atoms with Crippen LogP contribution in [0.25, 0.3) is 16.3 Å². The molecule has 2 atom stereocenters. The van der Waals surface area contributed by atoms with Crippen LogP contribution in [0.4, 0.5) is 5.69 Å². The van der Waals surface area contributed by atoms with E-state index in [1.165, 1.54) is 16.3 Å². The summed E-state index contributed by atoms with van der Waals surface area (Å²) in [5.74, 6) is 0.554. The lowest BCUT2D eigenvalue weighted by Crippen LogP contribution is -2.29. The summed E-state index contributed by atoms with van der Waals surface area (Å²) in [6.45, 7) is 0. The zero-order valence-corrected chi connectivity index (χ0v) is 17.6. The summed E-state index contributed by atoms with van der Waals surface area (Å²) in [6.07, 6.45) is 1.32. The van der Waals surface area contributed by atoms with Gasteiger partial charge in [0.1, 0.15) is 5.75 Å². The smallest absolute Gasteiger partial charge is 0.162 e. The average Bonchev–Trinajstić information content (AvgIpc) is 2.83. The second kappa shape index (κ2) is 7.38. The molecular formula is C29H23NO2. The third-order valence-corrected chi connectivity index (χ3v) is 6.80. The molecule has 1 heterocycles. The van der Waals surface area contributed by atoms with Crippen LogP contribution in [-0.4, -0.2) is 10.9 Å². The number of benzene rings is 4. The fourth-order valence-electron chi connectivity index (χ4n) is 5.36. The number of ketones is 1. The molecule has 0 aromatic heterocycles. The zero-order chi connectivity index (χ0) is 21.7. The van der Waals surface area contributed by atoms with Crippen LogP contribution in [0.2, 0.25) is 0 Å². The first-order valence-electron chi connectivity index (χ1n) is 11.1. The largest absolute Gasteiger partial charge is 0.508 e. The van der Waals surface area contributed by atoms with Gasteiger partial charge in [-0.25, -0.2) is 0 Å². The van der Waals surface area contributed by atoms with E-state index in [1.807, 2.05) is 30.3 Å². The van der Waals surface area contributed by atoms with E-state index >= 15 is 0 Å². The van der Waals surface area contributed by atoms with Gasteiger partial charge in [0.05, 0.1) is 6.04 Å². The van der Waals surface area contributed by atoms with Gasteiger partial charge in [0.2, 0.25) is 0 Å². The molecule has 3 nitrogen and oxygen atoms in total. The zero-order valence-electron chi connectivity index (χ0n) is 17.6. The Labute approximate surface area is 187 Å². The van der Waals surface area contributed by atoms with Crippen LogP contribution in [0, 0.1) is 0 Å². The molecule has 2 N–H and O–H groups in total. The van der Waals surface area contributed by atoms with Crippen molar-refractivity contribution in [2.24, 2.45) is 0 Å². The standard InChI is InChI=1S/C29H23NO2/c31-22-11-6-10-20(15-22)29-28-24(16-21(17-26(28)32)18-7-2-1-3-8-18)27-23-12-5-4-9-19(23)13-14-25(27)30-29/h1-15,21,29-31H,16-17H2/t21-,29+/m0/s1. The van der Waals surface area contributed by atoms with Crippen molar-refractivity contribution >= 4 is 27.8 Å². The Morgan fingerprint density at radius 2 is 1.56 bits per heavy atom. The summed E-state index contributed by atoms with van der Waals surface area (Å²) in [5, 5.41) is 16.1. The van der Waals surface area contributed by atoms with Crippen LogP contribution in [0.5, 0.6) is 5.75 Å². The molecule has 1 aliphatic carbocycles. The third kappa shape index (κ3) is 3.01. The lowest BCUT2D eigenvalue weighted by molar-refractivity contribution is -0.116. The molecule has 2 aliphatic rings. The molecule has 0 bridgehead atoms. The molecule has 1 aliphatic heterocycles. The summed E-state index contributed by atoms with van der Waals surface area (Å²) in [4.78, 5) is 13.7. The summed E-state index contributed by atoms with van der Waals surface area (Å²) >= 11 is 0. The number of aromatic hydroxyl groups is 1. The third-order valence-electron chi connectivity index (χ3n) is 6.80. The van der Waals surface area contributed by atoms with Gasteiger partial charge in [-0.05, 0) is 58.0 Å². The van der Waals surface area contributed by atoms with E-state index < -0.39 is 0 Å². The number of nitrogens with one attached hydrogen (secondary N) is 1. The van der Waals surface area contributed by atoms with E-state index in [4.69, 9.17) is 0 Å². The molecule has 3 heteroatoms. The second-order valence-corrected chi connectivity index (χ2v) is 8.71. The van der Waals surface area contributed by atoms with Crippen molar-refractivity contribution in [3.63, 3.8) is 0 Å². The predicted octanol–water partition coefficient (Wildman–Crippen LogP) is 6.61. The van der Waals surface area contributed by atoms with Crippen LogP contribution in [-0.2, 0) is 4.79 Å². The highest BCUT2D eigenvalue weighted by Gasteiger charge is 2.38. The number of phenolic OH excluding ortho intramolecular Hbond substituents is 1. The van der Waals surface area contributed by atoms with Gasteiger partial charge in [0, 0.05) is 23.2 Å². The molecule has 4 aromatic rings. The number of hydrogen-bond acceptors (Lipinski definition) is 3. The van der Waals surface area contributed by atoms with E-state index in [1.54, 1.807) is 12.1 Å². The Morgan fingerprint density at radius 1 is 0.781 bits per heavy atom. The lowest BCUT2D eigenvalue weighted by atomic mass is 9.71. The Balaban J connectivity index is 1.59. The molecule has 6 rings (SSSR count). The molecule has 156 valence electrons. The lowest BCUT2D eigenvalue weighted by Gasteiger charge is -2.37. The quantitative estimate of drug-likeness (QED) is 0.386. The second-order valence-electron chi connectivity index (χ2n) is 8.71. The van der Waals surface area contributed by atoms with Crippen molar-refractivity contribution in [1.82, 2.24) is 0 Å². The van der Waals surface area contributed by atoms with Gasteiger partial charge in [-0.2, -0.15) is 0 Å². The van der Waals surface area contributed by atoms with Crippen molar-refractivity contribution in [1.29, 1.82) is 0 Å². The highest BCUT2D eigenvalue weighted by atomic mass is 16.3. The molecule has 4 aromatic carbocycles. The SMILES string of the molecule is O=C1C[C@@H](c2ccccc2)CC2=C1[C@@H](c1cccc(O)c1)Nc1ccc3ccccc3c12. The van der Waals surface area contributed by atoms with Crippen LogP contribution >= 0.6 is 0 Å². The van der Waals surface area contributed by atoms with Gasteiger partial charge in [-0.1, -0.05) is 72.8 Å². The fraction of sp³-hybridized carbons (Fsp3) is 0.138. The first-order valence-corrected chi connectivity index (χ1v) is 11.1. The van der Waals surface area contributed by atoms with Gasteiger partial charge in [-0.3, -0.25) is 4.79 Å². The van der Waals surface area contributed by atoms with E-state index in [9.17, 15) is 9.90 Å². The van der Waals surface area contributed by atoms with E-state index in [2.05, 4.69) is 53.8 Å². The summed E-state index contributed by atoms with van der Waals surface area (Å²) < 4.78 is 0. The molecule has 32 heavy (non-hydrogen) atoms. The normalized spacial score (nSPS) is 19.9. The van der Waals surface area contributed by atoms with E-state index in [0.29, 0.717) is 6.42 Å². The van der Waals surface area contributed by atoms with Gasteiger partial charge >= 0.3 is 0 Å². The van der Waals surface area contributed by atoms with Gasteiger partial charge in [0.25, 0.3) is 0 Å². The maximum absolute atomic E-state index is 13.7. The molecule has 0 amide bonds. The van der Waals surface area contributed by atoms with E-state index in [0.717, 1.165) is 34.4 Å². The first-order chi connectivity index (χ1) is 15.7. The average molecular weight is 418 g/mol. The first kappa shape index (κ1) is 18.9. The van der Waals surface area contributed by atoms with Crippen molar-refractivity contribution < 1.29 is 9.90 Å². The summed E-state index contributed by atoms with van der Waals surface area (Å²) in [6, 6.07) is 30.0. The number of Topliss-reactive ketones (excluding diaryl/α,β-unsaturated/α-hetero) is 1. The fourth-order valence-corrected chi connectivity index (χ4v) is 5.36. The number of carbonyl (C=O) groups is 1. The van der Waals surface area contributed by atoms with Crippen molar-refractivity contribution in [3.05, 3.63) is 113 Å². The number of fused-ring (bicyclic) bond motifs is 4. The summed E-state index contributed by atoms with van der Waals surface area (Å²) in [7, 11) is 0. The number of hydrogen-bond donors (Lipinski definition) is 2. The number of allylic oxidation sites excluding steroid dienone is 1. The van der Waals surface area contributed by atoms with Crippen molar-refractivity contribution in [3.8, 4) is 5.75 Å². The van der Waals surface area contributed by atoms with Crippen LogP contribution in [0.3, 0.4) is 0 Å². The molecule has 0 fully saturated rings. The Kier molecular flexibility index (Phi) is 4.36. The number of rotatable bonds is 2. The predicted molar refractivity (Wildman–Crippen MR) is 129 cm³/mol. The maximum Gasteiger partial charge on any atom is 0.162 e. The molecule has 0 unspecified atom stereocenters. The highest BCUT2D eigenvalue weighted by Crippen LogP contribution is 2.51. The Bertz CT molecular complexity index is 1390. The van der Waals surface area contributed by atoms with Crippen molar-refractivity contribution in [2.75, 3.05) is 5.32 Å². The van der Waals surface area contributed by atoms with Crippen LogP contribution in [0.1, 0.15) is 41.5 Å². The molecule has 0 radical (unpaired) electrons. The van der Waals surface area contributed by atoms with Gasteiger partial charge in [0.15, 0.2) is 5.78 Å². The minimum atomic E-state index is -0.269. The Morgan fingerprint density at radius 3 is 2.41 bits per heavy atom. The Hall–Kier alpha value is -3.85. The minimum absolute atomic E-state index is 0.164. The highest BCUT2D eigenvalue weighted by molar-refractivity contribution is 6.13. The number of carbonyl (C=O) groups excluding carboxylic acids is 1. The molecule has 0 saturated carbocycles. The summed E-state index contributed by atoms with van der Waals surface area (Å²) in [5.41, 5.74) is 6.27. The number of anilines is 1. The molecule has 0 saturated heterocycles.